The second-order valence-electron chi connectivity index (χ2n) is 4.84. The van der Waals surface area contributed by atoms with Crippen molar-refractivity contribution in [2.24, 2.45) is 0 Å². The standard InChI is InChI=1S/C18H22N2O3/c1-3-20(15-8-5-4-6-9-15)18(21)19-12-13-23-17-11-7-10-16(14-17)22-2/h4-11,14H,3,12-13H2,1-2H3,(H,19,21). The fraction of sp³-hybridized carbons (Fsp3) is 0.278. The smallest absolute Gasteiger partial charge is 0.321 e. The molecule has 0 aromatic heterocycles. The van der Waals surface area contributed by atoms with Gasteiger partial charge in [-0.25, -0.2) is 4.79 Å². The Morgan fingerprint density at radius 3 is 2.52 bits per heavy atom. The molecule has 23 heavy (non-hydrogen) atoms. The molecule has 0 fully saturated rings. The van der Waals surface area contributed by atoms with Crippen LogP contribution in [0.2, 0.25) is 0 Å². The first-order valence-corrected chi connectivity index (χ1v) is 7.62. The summed E-state index contributed by atoms with van der Waals surface area (Å²) in [6.07, 6.45) is 0. The molecular formula is C18H22N2O3. The van der Waals surface area contributed by atoms with Crippen LogP contribution in [0.5, 0.6) is 11.5 Å². The topological polar surface area (TPSA) is 50.8 Å². The molecule has 1 N–H and O–H groups in total. The third kappa shape index (κ3) is 4.92. The summed E-state index contributed by atoms with van der Waals surface area (Å²) in [5, 5.41) is 2.86. The van der Waals surface area contributed by atoms with Crippen molar-refractivity contribution >= 4 is 11.7 Å². The van der Waals surface area contributed by atoms with Crippen LogP contribution in [-0.4, -0.2) is 32.8 Å². The molecule has 0 spiro atoms. The predicted octanol–water partition coefficient (Wildman–Crippen LogP) is 3.31. The van der Waals surface area contributed by atoms with Gasteiger partial charge in [0.2, 0.25) is 0 Å². The Kier molecular flexibility index (Phi) is 6.29. The first-order valence-electron chi connectivity index (χ1n) is 7.62. The Labute approximate surface area is 136 Å². The van der Waals surface area contributed by atoms with E-state index in [4.69, 9.17) is 9.47 Å². The van der Waals surface area contributed by atoms with Gasteiger partial charge in [0.05, 0.1) is 13.7 Å². The van der Waals surface area contributed by atoms with E-state index in [1.165, 1.54) is 0 Å². The number of urea groups is 1. The highest BCUT2D eigenvalue weighted by Gasteiger charge is 2.12. The van der Waals surface area contributed by atoms with Gasteiger partial charge >= 0.3 is 6.03 Å². The van der Waals surface area contributed by atoms with Gasteiger partial charge in [0, 0.05) is 18.3 Å². The second kappa shape index (κ2) is 8.68. The Balaban J connectivity index is 1.79. The van der Waals surface area contributed by atoms with Crippen molar-refractivity contribution in [2.75, 3.05) is 31.7 Å². The first-order chi connectivity index (χ1) is 11.2. The number of nitrogens with zero attached hydrogens (tertiary/aromatic N) is 1. The summed E-state index contributed by atoms with van der Waals surface area (Å²) in [7, 11) is 1.61. The number of hydrogen-bond donors (Lipinski definition) is 1. The van der Waals surface area contributed by atoms with E-state index in [-0.39, 0.29) is 6.03 Å². The van der Waals surface area contributed by atoms with Gasteiger partial charge in [-0.15, -0.1) is 0 Å². The molecule has 0 aliphatic carbocycles. The van der Waals surface area contributed by atoms with Crippen molar-refractivity contribution in [3.05, 3.63) is 54.6 Å². The quantitative estimate of drug-likeness (QED) is 0.798. The first kappa shape index (κ1) is 16.7. The van der Waals surface area contributed by atoms with E-state index >= 15 is 0 Å². The lowest BCUT2D eigenvalue weighted by Gasteiger charge is -2.21. The molecule has 0 bridgehead atoms. The van der Waals surface area contributed by atoms with E-state index in [1.54, 1.807) is 12.0 Å². The third-order valence-corrected chi connectivity index (χ3v) is 3.32. The lowest BCUT2D eigenvalue weighted by molar-refractivity contribution is 0.242. The average molecular weight is 314 g/mol. The molecule has 0 aliphatic heterocycles. The molecule has 5 nitrogen and oxygen atoms in total. The van der Waals surface area contributed by atoms with Crippen molar-refractivity contribution in [3.63, 3.8) is 0 Å². The predicted molar refractivity (Wildman–Crippen MR) is 91.3 cm³/mol. The number of amides is 2. The van der Waals surface area contributed by atoms with E-state index in [0.29, 0.717) is 25.4 Å². The van der Waals surface area contributed by atoms with Crippen LogP contribution in [0.25, 0.3) is 0 Å². The zero-order valence-corrected chi connectivity index (χ0v) is 13.5. The summed E-state index contributed by atoms with van der Waals surface area (Å²) >= 11 is 0. The van der Waals surface area contributed by atoms with Gasteiger partial charge in [-0.1, -0.05) is 24.3 Å². The second-order valence-corrected chi connectivity index (χ2v) is 4.84. The molecule has 5 heteroatoms. The van der Waals surface area contributed by atoms with Gasteiger partial charge in [0.1, 0.15) is 18.1 Å². The Bertz CT molecular complexity index is 617. The minimum absolute atomic E-state index is 0.132. The van der Waals surface area contributed by atoms with E-state index < -0.39 is 0 Å². The molecule has 0 saturated heterocycles. The van der Waals surface area contributed by atoms with E-state index in [1.807, 2.05) is 61.5 Å². The van der Waals surface area contributed by atoms with Gasteiger partial charge in [0.25, 0.3) is 0 Å². The van der Waals surface area contributed by atoms with Crippen LogP contribution >= 0.6 is 0 Å². The average Bonchev–Trinajstić information content (AvgIpc) is 2.60. The molecule has 2 amide bonds. The maximum Gasteiger partial charge on any atom is 0.321 e. The number of carbonyl (C=O) groups excluding carboxylic acids is 1. The number of para-hydroxylation sites is 1. The highest BCUT2D eigenvalue weighted by molar-refractivity contribution is 5.91. The number of rotatable bonds is 7. The van der Waals surface area contributed by atoms with Crippen molar-refractivity contribution in [3.8, 4) is 11.5 Å². The van der Waals surface area contributed by atoms with Gasteiger partial charge in [-0.05, 0) is 31.2 Å². The number of anilines is 1. The van der Waals surface area contributed by atoms with Gasteiger partial charge in [0.15, 0.2) is 0 Å². The highest BCUT2D eigenvalue weighted by atomic mass is 16.5. The molecule has 2 aromatic carbocycles. The number of hydrogen-bond acceptors (Lipinski definition) is 3. The van der Waals surface area contributed by atoms with E-state index in [0.717, 1.165) is 11.4 Å². The van der Waals surface area contributed by atoms with Gasteiger partial charge in [-0.3, -0.25) is 4.90 Å². The molecule has 0 saturated carbocycles. The van der Waals surface area contributed by atoms with Crippen LogP contribution in [0.15, 0.2) is 54.6 Å². The summed E-state index contributed by atoms with van der Waals surface area (Å²) in [5.74, 6) is 1.46. The molecule has 0 unspecified atom stereocenters. The van der Waals surface area contributed by atoms with Crippen molar-refractivity contribution in [1.82, 2.24) is 5.32 Å². The molecule has 0 radical (unpaired) electrons. The summed E-state index contributed by atoms with van der Waals surface area (Å²) in [6.45, 7) is 3.37. The minimum atomic E-state index is -0.132. The number of benzene rings is 2. The Morgan fingerprint density at radius 2 is 1.83 bits per heavy atom. The molecule has 2 aromatic rings. The largest absolute Gasteiger partial charge is 0.497 e. The summed E-state index contributed by atoms with van der Waals surface area (Å²) < 4.78 is 10.7. The molecule has 0 aliphatic rings. The van der Waals surface area contributed by atoms with Crippen LogP contribution in [0.4, 0.5) is 10.5 Å². The van der Waals surface area contributed by atoms with Gasteiger partial charge < -0.3 is 14.8 Å². The maximum atomic E-state index is 12.2. The maximum absolute atomic E-state index is 12.2. The third-order valence-electron chi connectivity index (χ3n) is 3.32. The SMILES string of the molecule is CCN(C(=O)NCCOc1cccc(OC)c1)c1ccccc1. The Hall–Kier alpha value is -2.69. The van der Waals surface area contributed by atoms with Crippen LogP contribution in [0.1, 0.15) is 6.92 Å². The molecular weight excluding hydrogens is 292 g/mol. The normalized spacial score (nSPS) is 10.0. The lowest BCUT2D eigenvalue weighted by Crippen LogP contribution is -2.41. The van der Waals surface area contributed by atoms with Crippen LogP contribution in [0.3, 0.4) is 0 Å². The number of carbonyl (C=O) groups is 1. The zero-order chi connectivity index (χ0) is 16.5. The van der Waals surface area contributed by atoms with E-state index in [2.05, 4.69) is 5.32 Å². The number of nitrogens with one attached hydrogen (secondary N) is 1. The number of ether oxygens (including phenoxy) is 2. The van der Waals surface area contributed by atoms with Crippen molar-refractivity contribution in [2.45, 2.75) is 6.92 Å². The molecule has 122 valence electrons. The molecule has 2 rings (SSSR count). The Morgan fingerprint density at radius 1 is 1.09 bits per heavy atom. The van der Waals surface area contributed by atoms with Crippen LogP contribution in [-0.2, 0) is 0 Å². The summed E-state index contributed by atoms with van der Waals surface area (Å²) in [6, 6.07) is 16.8. The molecule has 0 heterocycles. The van der Waals surface area contributed by atoms with Crippen molar-refractivity contribution < 1.29 is 14.3 Å². The van der Waals surface area contributed by atoms with Crippen LogP contribution < -0.4 is 19.7 Å². The lowest BCUT2D eigenvalue weighted by atomic mass is 10.3. The zero-order valence-electron chi connectivity index (χ0n) is 13.5. The number of methoxy groups -OCH3 is 1. The minimum Gasteiger partial charge on any atom is -0.497 e. The van der Waals surface area contributed by atoms with Crippen LogP contribution in [0, 0.1) is 0 Å². The van der Waals surface area contributed by atoms with Gasteiger partial charge in [-0.2, -0.15) is 0 Å². The summed E-state index contributed by atoms with van der Waals surface area (Å²) in [4.78, 5) is 13.9. The van der Waals surface area contributed by atoms with Crippen molar-refractivity contribution in [1.29, 1.82) is 0 Å². The fourth-order valence-corrected chi connectivity index (χ4v) is 2.16. The summed E-state index contributed by atoms with van der Waals surface area (Å²) in [5.41, 5.74) is 0.876. The van der Waals surface area contributed by atoms with E-state index in [9.17, 15) is 4.79 Å². The fourth-order valence-electron chi connectivity index (χ4n) is 2.16. The highest BCUT2D eigenvalue weighted by Crippen LogP contribution is 2.18. The monoisotopic (exact) mass is 314 g/mol. The molecule has 0 atom stereocenters.